The quantitative estimate of drug-likeness (QED) is 0.891. The van der Waals surface area contributed by atoms with Gasteiger partial charge in [-0.3, -0.25) is 4.79 Å². The van der Waals surface area contributed by atoms with Gasteiger partial charge in [0.15, 0.2) is 5.82 Å². The summed E-state index contributed by atoms with van der Waals surface area (Å²) in [6, 6.07) is 5.01. The summed E-state index contributed by atoms with van der Waals surface area (Å²) in [6.07, 6.45) is 1.37. The lowest BCUT2D eigenvalue weighted by Gasteiger charge is -2.06. The average molecular weight is 297 g/mol. The molecule has 2 rings (SSSR count). The molecule has 0 bridgehead atoms. The molecule has 0 saturated heterocycles. The lowest BCUT2D eigenvalue weighted by atomic mass is 10.2. The number of nitrogens with one attached hydrogen (secondary N) is 1. The average Bonchev–Trinajstić information content (AvgIpc) is 2.41. The van der Waals surface area contributed by atoms with Crippen LogP contribution < -0.4 is 11.1 Å². The third-order valence-corrected chi connectivity index (χ3v) is 3.21. The van der Waals surface area contributed by atoms with Crippen molar-refractivity contribution in [3.8, 4) is 11.4 Å². The van der Waals surface area contributed by atoms with Crippen molar-refractivity contribution in [2.24, 2.45) is 0 Å². The van der Waals surface area contributed by atoms with Crippen molar-refractivity contribution in [1.29, 1.82) is 0 Å². The molecule has 7 heteroatoms. The minimum absolute atomic E-state index is 0.107. The van der Waals surface area contributed by atoms with Gasteiger partial charge in [-0.2, -0.15) is 0 Å². The highest BCUT2D eigenvalue weighted by Gasteiger charge is 2.12. The van der Waals surface area contributed by atoms with Crippen LogP contribution in [0.5, 0.6) is 0 Å². The number of carbonyl (C=O) groups excluding carboxylic acids is 1. The van der Waals surface area contributed by atoms with Crippen molar-refractivity contribution >= 4 is 34.9 Å². The molecule has 2 aromatic rings. The number of benzene rings is 1. The summed E-state index contributed by atoms with van der Waals surface area (Å²) in [5, 5.41) is 3.30. The topological polar surface area (TPSA) is 80.9 Å². The van der Waals surface area contributed by atoms with Gasteiger partial charge in [0.25, 0.3) is 5.91 Å². The molecule has 1 aromatic carbocycles. The number of aromatic nitrogens is 2. The van der Waals surface area contributed by atoms with E-state index in [1.165, 1.54) is 13.2 Å². The molecule has 0 aliphatic rings. The predicted molar refractivity (Wildman–Crippen MR) is 75.3 cm³/mol. The van der Waals surface area contributed by atoms with E-state index in [9.17, 15) is 4.79 Å². The zero-order chi connectivity index (χ0) is 14.0. The molecule has 19 heavy (non-hydrogen) atoms. The molecule has 0 atom stereocenters. The number of nitrogen functional groups attached to an aromatic ring is 1. The van der Waals surface area contributed by atoms with E-state index in [1.807, 2.05) is 0 Å². The number of amides is 1. The smallest absolute Gasteiger partial charge is 0.256 e. The number of halogens is 2. The predicted octanol–water partition coefficient (Wildman–Crippen LogP) is 2.39. The van der Waals surface area contributed by atoms with Gasteiger partial charge < -0.3 is 11.1 Å². The second-order valence-corrected chi connectivity index (χ2v) is 4.51. The Hall–Kier alpha value is -1.85. The molecule has 0 aliphatic heterocycles. The van der Waals surface area contributed by atoms with E-state index in [2.05, 4.69) is 15.3 Å². The largest absolute Gasteiger partial charge is 0.383 e. The van der Waals surface area contributed by atoms with Crippen molar-refractivity contribution in [3.05, 3.63) is 40.0 Å². The summed E-state index contributed by atoms with van der Waals surface area (Å²) in [6.45, 7) is 0. The van der Waals surface area contributed by atoms with Crippen molar-refractivity contribution in [3.63, 3.8) is 0 Å². The lowest BCUT2D eigenvalue weighted by molar-refractivity contribution is 0.0963. The first kappa shape index (κ1) is 13.6. The Bertz CT molecular complexity index is 646. The summed E-state index contributed by atoms with van der Waals surface area (Å²) < 4.78 is 0. The van der Waals surface area contributed by atoms with Gasteiger partial charge in [-0.25, -0.2) is 9.97 Å². The van der Waals surface area contributed by atoms with Crippen LogP contribution in [0, 0.1) is 0 Å². The molecule has 0 aliphatic carbocycles. The van der Waals surface area contributed by atoms with Crippen LogP contribution in [0.3, 0.4) is 0 Å². The minimum Gasteiger partial charge on any atom is -0.383 e. The number of rotatable bonds is 2. The van der Waals surface area contributed by atoms with Crippen LogP contribution in [-0.4, -0.2) is 22.9 Å². The van der Waals surface area contributed by atoms with Crippen molar-refractivity contribution in [1.82, 2.24) is 15.3 Å². The van der Waals surface area contributed by atoms with Crippen LogP contribution in [0.25, 0.3) is 11.4 Å². The van der Waals surface area contributed by atoms with Crippen LogP contribution in [-0.2, 0) is 0 Å². The van der Waals surface area contributed by atoms with Crippen LogP contribution in [0.2, 0.25) is 10.0 Å². The number of hydrogen-bond acceptors (Lipinski definition) is 4. The number of carbonyl (C=O) groups is 1. The molecule has 0 saturated carbocycles. The summed E-state index contributed by atoms with van der Waals surface area (Å²) in [7, 11) is 1.51. The Morgan fingerprint density at radius 2 is 2.05 bits per heavy atom. The molecule has 3 N–H and O–H groups in total. The van der Waals surface area contributed by atoms with Gasteiger partial charge in [-0.1, -0.05) is 23.2 Å². The van der Waals surface area contributed by atoms with Crippen molar-refractivity contribution in [2.45, 2.75) is 0 Å². The standard InChI is InChI=1S/C12H10Cl2N4O/c1-16-12(19)7-5-17-11(18-10(7)15)6-2-3-8(13)9(14)4-6/h2-5H,1H3,(H,16,19)(H2,15,17,18). The Balaban J connectivity index is 2.44. The Morgan fingerprint density at radius 3 is 2.63 bits per heavy atom. The number of nitrogens with two attached hydrogens (primary N) is 1. The summed E-state index contributed by atoms with van der Waals surface area (Å²) in [5.74, 6) is 0.150. The van der Waals surface area contributed by atoms with Crippen molar-refractivity contribution in [2.75, 3.05) is 12.8 Å². The van der Waals surface area contributed by atoms with Gasteiger partial charge in [0.1, 0.15) is 5.82 Å². The molecule has 5 nitrogen and oxygen atoms in total. The van der Waals surface area contributed by atoms with E-state index in [-0.39, 0.29) is 17.3 Å². The second-order valence-electron chi connectivity index (χ2n) is 3.70. The number of anilines is 1. The van der Waals surface area contributed by atoms with Crippen LogP contribution in [0.15, 0.2) is 24.4 Å². The fraction of sp³-hybridized carbons (Fsp3) is 0.0833. The first-order chi connectivity index (χ1) is 9.02. The molecule has 0 unspecified atom stereocenters. The van der Waals surface area contributed by atoms with Gasteiger partial charge >= 0.3 is 0 Å². The zero-order valence-corrected chi connectivity index (χ0v) is 11.5. The molecule has 0 radical (unpaired) electrons. The first-order valence-corrected chi connectivity index (χ1v) is 6.08. The van der Waals surface area contributed by atoms with E-state index in [0.717, 1.165) is 0 Å². The highest BCUT2D eigenvalue weighted by Crippen LogP contribution is 2.27. The van der Waals surface area contributed by atoms with Crippen LogP contribution >= 0.6 is 23.2 Å². The minimum atomic E-state index is -0.335. The summed E-state index contributed by atoms with van der Waals surface area (Å²) in [5.41, 5.74) is 6.63. The van der Waals surface area contributed by atoms with E-state index >= 15 is 0 Å². The third-order valence-electron chi connectivity index (χ3n) is 2.47. The zero-order valence-electron chi connectivity index (χ0n) is 9.95. The third kappa shape index (κ3) is 2.77. The van der Waals surface area contributed by atoms with E-state index in [4.69, 9.17) is 28.9 Å². The van der Waals surface area contributed by atoms with Gasteiger partial charge in [-0.05, 0) is 18.2 Å². The fourth-order valence-electron chi connectivity index (χ4n) is 1.48. The maximum atomic E-state index is 11.5. The second kappa shape index (κ2) is 5.42. The highest BCUT2D eigenvalue weighted by molar-refractivity contribution is 6.42. The van der Waals surface area contributed by atoms with Gasteiger partial charge in [0.2, 0.25) is 0 Å². The Morgan fingerprint density at radius 1 is 1.32 bits per heavy atom. The van der Waals surface area contributed by atoms with Crippen LogP contribution in [0.1, 0.15) is 10.4 Å². The highest BCUT2D eigenvalue weighted by atomic mass is 35.5. The van der Waals surface area contributed by atoms with Gasteiger partial charge in [0, 0.05) is 18.8 Å². The molecule has 98 valence electrons. The molecular formula is C12H10Cl2N4O. The molecule has 1 heterocycles. The number of nitrogens with zero attached hydrogens (tertiary/aromatic N) is 2. The lowest BCUT2D eigenvalue weighted by Crippen LogP contribution is -2.20. The van der Waals surface area contributed by atoms with Crippen molar-refractivity contribution < 1.29 is 4.79 Å². The normalized spacial score (nSPS) is 10.3. The maximum Gasteiger partial charge on any atom is 0.256 e. The first-order valence-electron chi connectivity index (χ1n) is 5.33. The van der Waals surface area contributed by atoms with E-state index < -0.39 is 0 Å². The van der Waals surface area contributed by atoms with Gasteiger partial charge in [0.05, 0.1) is 15.6 Å². The number of hydrogen-bond donors (Lipinski definition) is 2. The van der Waals surface area contributed by atoms with Gasteiger partial charge in [-0.15, -0.1) is 0 Å². The van der Waals surface area contributed by atoms with Crippen LogP contribution in [0.4, 0.5) is 5.82 Å². The monoisotopic (exact) mass is 296 g/mol. The SMILES string of the molecule is CNC(=O)c1cnc(-c2ccc(Cl)c(Cl)c2)nc1N. The summed E-state index contributed by atoms with van der Waals surface area (Å²) in [4.78, 5) is 19.7. The molecule has 1 aromatic heterocycles. The molecule has 0 fully saturated rings. The maximum absolute atomic E-state index is 11.5. The Kier molecular flexibility index (Phi) is 3.87. The molecular weight excluding hydrogens is 287 g/mol. The molecule has 1 amide bonds. The van der Waals surface area contributed by atoms with E-state index in [1.54, 1.807) is 18.2 Å². The Labute approximate surface area is 119 Å². The van der Waals surface area contributed by atoms with E-state index in [0.29, 0.717) is 21.4 Å². The summed E-state index contributed by atoms with van der Waals surface area (Å²) >= 11 is 11.8. The molecule has 0 spiro atoms. The fourth-order valence-corrected chi connectivity index (χ4v) is 1.78.